The number of ether oxygens (including phenoxy) is 1. The van der Waals surface area contributed by atoms with Gasteiger partial charge in [-0.15, -0.1) is 0 Å². The molecule has 1 atom stereocenters. The van der Waals surface area contributed by atoms with Gasteiger partial charge in [0.15, 0.2) is 0 Å². The third kappa shape index (κ3) is 1.57. The lowest BCUT2D eigenvalue weighted by Crippen LogP contribution is -2.26. The van der Waals surface area contributed by atoms with E-state index in [0.29, 0.717) is 17.9 Å². The van der Waals surface area contributed by atoms with E-state index in [1.807, 2.05) is 6.92 Å². The van der Waals surface area contributed by atoms with Crippen LogP contribution >= 0.6 is 0 Å². The molecule has 1 unspecified atom stereocenters. The Morgan fingerprint density at radius 3 is 2.25 bits per heavy atom. The minimum absolute atomic E-state index is 0.0199. The molecular weight excluding hydrogens is 212 g/mol. The minimum atomic E-state index is -2.66. The maximum Gasteiger partial charge on any atom is 0.260 e. The molecule has 2 rings (SSSR count). The van der Waals surface area contributed by atoms with Crippen LogP contribution in [0.2, 0.25) is 0 Å². The van der Waals surface area contributed by atoms with Crippen LogP contribution in [0.4, 0.5) is 8.78 Å². The first kappa shape index (κ1) is 11.3. The molecule has 2 nitrogen and oxygen atoms in total. The van der Waals surface area contributed by atoms with Crippen molar-refractivity contribution in [2.24, 2.45) is 5.73 Å². The van der Waals surface area contributed by atoms with Crippen LogP contribution in [-0.4, -0.2) is 19.1 Å². The summed E-state index contributed by atoms with van der Waals surface area (Å²) in [5.41, 5.74) is 4.92. The second-order valence-corrected chi connectivity index (χ2v) is 4.12. The van der Waals surface area contributed by atoms with E-state index in [-0.39, 0.29) is 13.0 Å². The third-order valence-corrected chi connectivity index (χ3v) is 3.17. The van der Waals surface area contributed by atoms with Crippen LogP contribution < -0.4 is 10.5 Å². The fourth-order valence-corrected chi connectivity index (χ4v) is 2.02. The highest BCUT2D eigenvalue weighted by molar-refractivity contribution is 5.41. The molecule has 1 aromatic rings. The smallest absolute Gasteiger partial charge is 0.260 e. The van der Waals surface area contributed by atoms with Gasteiger partial charge >= 0.3 is 0 Å². The van der Waals surface area contributed by atoms with E-state index < -0.39 is 11.3 Å². The maximum atomic E-state index is 13.3. The lowest BCUT2D eigenvalue weighted by molar-refractivity contribution is 0.0896. The van der Waals surface area contributed by atoms with E-state index >= 15 is 0 Å². The Bertz CT molecular complexity index is 377. The molecule has 0 heterocycles. The molecule has 4 heteroatoms. The summed E-state index contributed by atoms with van der Waals surface area (Å²) in [7, 11) is 0. The quantitative estimate of drug-likeness (QED) is 0.856. The summed E-state index contributed by atoms with van der Waals surface area (Å²) in [6.45, 7) is 2.43. The first-order chi connectivity index (χ1) is 7.55. The van der Waals surface area contributed by atoms with Crippen molar-refractivity contribution in [2.75, 3.05) is 13.2 Å². The average molecular weight is 227 g/mol. The van der Waals surface area contributed by atoms with E-state index in [0.717, 1.165) is 0 Å². The van der Waals surface area contributed by atoms with Crippen molar-refractivity contribution < 1.29 is 13.5 Å². The molecule has 1 aromatic carbocycles. The summed E-state index contributed by atoms with van der Waals surface area (Å²) in [5.74, 6) is -1.96. The second-order valence-electron chi connectivity index (χ2n) is 4.12. The zero-order valence-corrected chi connectivity index (χ0v) is 9.17. The van der Waals surface area contributed by atoms with E-state index in [9.17, 15) is 8.78 Å². The number of alkyl halides is 2. The zero-order valence-electron chi connectivity index (χ0n) is 9.17. The van der Waals surface area contributed by atoms with Gasteiger partial charge in [-0.1, -0.05) is 12.1 Å². The van der Waals surface area contributed by atoms with Gasteiger partial charge in [-0.05, 0) is 24.6 Å². The Morgan fingerprint density at radius 1 is 1.31 bits per heavy atom. The molecular formula is C12H15F2NO. The number of hydrogen-bond acceptors (Lipinski definition) is 2. The average Bonchev–Trinajstić information content (AvgIpc) is 2.84. The van der Waals surface area contributed by atoms with Crippen molar-refractivity contribution >= 4 is 0 Å². The second kappa shape index (κ2) is 3.70. The van der Waals surface area contributed by atoms with Crippen LogP contribution in [0.25, 0.3) is 0 Å². The van der Waals surface area contributed by atoms with Crippen molar-refractivity contribution in [1.82, 2.24) is 0 Å². The predicted octanol–water partition coefficient (Wildman–Crippen LogP) is 2.32. The van der Waals surface area contributed by atoms with Crippen molar-refractivity contribution in [1.29, 1.82) is 0 Å². The highest BCUT2D eigenvalue weighted by atomic mass is 19.3. The fraction of sp³-hybridized carbons (Fsp3) is 0.500. The van der Waals surface area contributed by atoms with Crippen LogP contribution in [-0.2, 0) is 5.41 Å². The molecule has 0 radical (unpaired) electrons. The van der Waals surface area contributed by atoms with Crippen LogP contribution in [0.15, 0.2) is 24.3 Å². The maximum absolute atomic E-state index is 13.3. The van der Waals surface area contributed by atoms with Gasteiger partial charge in [0.05, 0.1) is 12.0 Å². The Labute approximate surface area is 93.4 Å². The monoisotopic (exact) mass is 227 g/mol. The van der Waals surface area contributed by atoms with Gasteiger partial charge in [0.2, 0.25) is 0 Å². The Hall–Kier alpha value is -1.16. The summed E-state index contributed by atoms with van der Waals surface area (Å²) in [4.78, 5) is 0. The molecule has 1 aliphatic rings. The van der Waals surface area contributed by atoms with Crippen LogP contribution in [0.5, 0.6) is 5.75 Å². The lowest BCUT2D eigenvalue weighted by Gasteiger charge is -2.14. The molecule has 1 aliphatic carbocycles. The van der Waals surface area contributed by atoms with Crippen LogP contribution in [0, 0.1) is 0 Å². The Balaban J connectivity index is 2.22. The van der Waals surface area contributed by atoms with E-state index in [2.05, 4.69) is 0 Å². The number of nitrogens with two attached hydrogens (primary N) is 1. The van der Waals surface area contributed by atoms with Crippen LogP contribution in [0.3, 0.4) is 0 Å². The van der Waals surface area contributed by atoms with E-state index in [1.165, 1.54) is 0 Å². The molecule has 0 spiro atoms. The third-order valence-electron chi connectivity index (χ3n) is 3.17. The largest absolute Gasteiger partial charge is 0.494 e. The molecule has 1 fully saturated rings. The molecule has 1 saturated carbocycles. The summed E-state index contributed by atoms with van der Waals surface area (Å²) in [6, 6.07) is 6.78. The predicted molar refractivity (Wildman–Crippen MR) is 57.9 cm³/mol. The molecule has 16 heavy (non-hydrogen) atoms. The number of halogens is 2. The zero-order chi connectivity index (χ0) is 11.8. The number of hydrogen-bond donors (Lipinski definition) is 1. The topological polar surface area (TPSA) is 35.2 Å². The summed E-state index contributed by atoms with van der Waals surface area (Å²) >= 11 is 0. The summed E-state index contributed by atoms with van der Waals surface area (Å²) in [5, 5.41) is 0. The van der Waals surface area contributed by atoms with Gasteiger partial charge in [-0.3, -0.25) is 0 Å². The summed E-state index contributed by atoms with van der Waals surface area (Å²) < 4.78 is 31.8. The molecule has 0 amide bonds. The van der Waals surface area contributed by atoms with Crippen molar-refractivity contribution in [3.63, 3.8) is 0 Å². The summed E-state index contributed by atoms with van der Waals surface area (Å²) in [6.07, 6.45) is -0.148. The van der Waals surface area contributed by atoms with Crippen LogP contribution in [0.1, 0.15) is 18.9 Å². The van der Waals surface area contributed by atoms with Gasteiger partial charge in [0, 0.05) is 13.0 Å². The van der Waals surface area contributed by atoms with Gasteiger partial charge < -0.3 is 10.5 Å². The number of benzene rings is 1. The molecule has 2 N–H and O–H groups in total. The molecule has 0 aliphatic heterocycles. The van der Waals surface area contributed by atoms with E-state index in [4.69, 9.17) is 10.5 Å². The van der Waals surface area contributed by atoms with Gasteiger partial charge in [-0.2, -0.15) is 0 Å². The molecule has 88 valence electrons. The van der Waals surface area contributed by atoms with E-state index in [1.54, 1.807) is 24.3 Å². The lowest BCUT2D eigenvalue weighted by atomic mass is 9.95. The Morgan fingerprint density at radius 2 is 1.88 bits per heavy atom. The molecule has 0 bridgehead atoms. The van der Waals surface area contributed by atoms with Crippen molar-refractivity contribution in [3.05, 3.63) is 29.8 Å². The highest BCUT2D eigenvalue weighted by Crippen LogP contribution is 2.60. The number of rotatable bonds is 4. The normalized spacial score (nSPS) is 26.5. The fourth-order valence-electron chi connectivity index (χ4n) is 2.02. The van der Waals surface area contributed by atoms with Crippen molar-refractivity contribution in [3.8, 4) is 5.75 Å². The Kier molecular flexibility index (Phi) is 2.62. The standard InChI is InChI=1S/C12H15F2NO/c1-2-16-10-5-3-9(4-6-10)11(8-15)7-12(11,13)14/h3-6H,2,7-8,15H2,1H3. The van der Waals surface area contributed by atoms with Crippen molar-refractivity contribution in [2.45, 2.75) is 24.7 Å². The first-order valence-corrected chi connectivity index (χ1v) is 5.37. The minimum Gasteiger partial charge on any atom is -0.494 e. The first-order valence-electron chi connectivity index (χ1n) is 5.37. The molecule has 0 saturated heterocycles. The van der Waals surface area contributed by atoms with Gasteiger partial charge in [-0.25, -0.2) is 8.78 Å². The molecule has 0 aromatic heterocycles. The van der Waals surface area contributed by atoms with Gasteiger partial charge in [0.1, 0.15) is 5.75 Å². The SMILES string of the molecule is CCOc1ccc(C2(CN)CC2(F)F)cc1. The van der Waals surface area contributed by atoms with Gasteiger partial charge in [0.25, 0.3) is 5.92 Å². The highest BCUT2D eigenvalue weighted by Gasteiger charge is 2.70.